The number of aromatic nitrogens is 1. The molecule has 0 aliphatic carbocycles. The molecular formula is C17H12F3N3O2. The molecule has 0 atom stereocenters. The molecule has 5 nitrogen and oxygen atoms in total. The van der Waals surface area contributed by atoms with Crippen molar-refractivity contribution in [1.29, 1.82) is 0 Å². The summed E-state index contributed by atoms with van der Waals surface area (Å²) in [6, 6.07) is 9.14. The lowest BCUT2D eigenvalue weighted by atomic mass is 10.1. The van der Waals surface area contributed by atoms with Crippen LogP contribution in [-0.2, 0) is 6.18 Å². The molecule has 3 aromatic rings. The van der Waals surface area contributed by atoms with Gasteiger partial charge < -0.3 is 5.32 Å². The van der Waals surface area contributed by atoms with E-state index in [1.807, 2.05) is 0 Å². The average molecular weight is 347 g/mol. The minimum Gasteiger partial charge on any atom is -0.355 e. The van der Waals surface area contributed by atoms with E-state index >= 15 is 0 Å². The van der Waals surface area contributed by atoms with Crippen LogP contribution in [0.25, 0.3) is 10.9 Å². The molecule has 0 aliphatic rings. The molecule has 25 heavy (non-hydrogen) atoms. The number of anilines is 2. The van der Waals surface area contributed by atoms with Gasteiger partial charge >= 0.3 is 6.18 Å². The summed E-state index contributed by atoms with van der Waals surface area (Å²) in [5, 5.41) is 14.1. The van der Waals surface area contributed by atoms with Gasteiger partial charge in [0.15, 0.2) is 0 Å². The smallest absolute Gasteiger partial charge is 0.355 e. The number of nitro benzene ring substituents is 1. The summed E-state index contributed by atoms with van der Waals surface area (Å²) in [6.07, 6.45) is -2.97. The lowest BCUT2D eigenvalue weighted by Crippen LogP contribution is -2.05. The van der Waals surface area contributed by atoms with Gasteiger partial charge in [0.05, 0.1) is 16.0 Å². The predicted molar refractivity (Wildman–Crippen MR) is 87.9 cm³/mol. The Morgan fingerprint density at radius 1 is 1.08 bits per heavy atom. The summed E-state index contributed by atoms with van der Waals surface area (Å²) >= 11 is 0. The van der Waals surface area contributed by atoms with Gasteiger partial charge in [0.25, 0.3) is 5.69 Å². The fourth-order valence-electron chi connectivity index (χ4n) is 2.48. The van der Waals surface area contributed by atoms with Crippen LogP contribution in [0, 0.1) is 17.0 Å². The number of hydrogen-bond donors (Lipinski definition) is 1. The Morgan fingerprint density at radius 2 is 1.84 bits per heavy atom. The molecule has 3 rings (SSSR count). The standard InChI is InChI=1S/C17H12F3N3O2/c1-10-8-12(23(24)25)3-5-14(10)22-16-6-7-21-15-4-2-11(9-13(15)16)17(18,19)20/h2-9H,1H3,(H,21,22). The van der Waals surface area contributed by atoms with Gasteiger partial charge in [0, 0.05) is 35.1 Å². The van der Waals surface area contributed by atoms with E-state index in [2.05, 4.69) is 10.3 Å². The number of nitrogens with zero attached hydrogens (tertiary/aromatic N) is 2. The quantitative estimate of drug-likeness (QED) is 0.521. The molecule has 0 aliphatic heterocycles. The van der Waals surface area contributed by atoms with Crippen molar-refractivity contribution in [2.45, 2.75) is 13.1 Å². The van der Waals surface area contributed by atoms with Crippen LogP contribution in [0.4, 0.5) is 30.2 Å². The van der Waals surface area contributed by atoms with Gasteiger partial charge in [-0.3, -0.25) is 15.1 Å². The van der Waals surface area contributed by atoms with E-state index in [4.69, 9.17) is 0 Å². The molecule has 0 bridgehead atoms. The van der Waals surface area contributed by atoms with Crippen molar-refractivity contribution in [3.8, 4) is 0 Å². The van der Waals surface area contributed by atoms with Gasteiger partial charge in [-0.1, -0.05) is 0 Å². The number of benzene rings is 2. The molecule has 8 heteroatoms. The van der Waals surface area contributed by atoms with Crippen LogP contribution >= 0.6 is 0 Å². The topological polar surface area (TPSA) is 68.1 Å². The maximum Gasteiger partial charge on any atom is 0.416 e. The van der Waals surface area contributed by atoms with Gasteiger partial charge in [-0.25, -0.2) is 0 Å². The van der Waals surface area contributed by atoms with E-state index in [0.717, 1.165) is 12.1 Å². The maximum atomic E-state index is 13.0. The molecule has 1 aromatic heterocycles. The van der Waals surface area contributed by atoms with Crippen molar-refractivity contribution in [1.82, 2.24) is 4.98 Å². The average Bonchev–Trinajstić information content (AvgIpc) is 2.55. The van der Waals surface area contributed by atoms with Gasteiger partial charge in [-0.2, -0.15) is 13.2 Å². The summed E-state index contributed by atoms with van der Waals surface area (Å²) in [7, 11) is 0. The normalized spacial score (nSPS) is 11.5. The molecule has 0 radical (unpaired) electrons. The Kier molecular flexibility index (Phi) is 4.03. The summed E-state index contributed by atoms with van der Waals surface area (Å²) in [5.41, 5.74) is 1.20. The highest BCUT2D eigenvalue weighted by atomic mass is 19.4. The second kappa shape index (κ2) is 6.04. The highest BCUT2D eigenvalue weighted by Crippen LogP contribution is 2.34. The van der Waals surface area contributed by atoms with Crippen LogP contribution in [0.3, 0.4) is 0 Å². The van der Waals surface area contributed by atoms with E-state index in [1.54, 1.807) is 13.0 Å². The monoisotopic (exact) mass is 347 g/mol. The Balaban J connectivity index is 2.05. The van der Waals surface area contributed by atoms with E-state index in [9.17, 15) is 23.3 Å². The minimum atomic E-state index is -4.45. The Bertz CT molecular complexity index is 971. The van der Waals surface area contributed by atoms with Crippen molar-refractivity contribution >= 4 is 28.0 Å². The van der Waals surface area contributed by atoms with Crippen molar-refractivity contribution in [3.05, 3.63) is 69.9 Å². The first-order valence-electron chi connectivity index (χ1n) is 7.24. The molecule has 1 heterocycles. The first-order chi connectivity index (χ1) is 11.8. The lowest BCUT2D eigenvalue weighted by Gasteiger charge is -2.13. The first-order valence-corrected chi connectivity index (χ1v) is 7.24. The lowest BCUT2D eigenvalue weighted by molar-refractivity contribution is -0.384. The fraction of sp³-hybridized carbons (Fsp3) is 0.118. The van der Waals surface area contributed by atoms with Crippen molar-refractivity contribution < 1.29 is 18.1 Å². The zero-order valence-corrected chi connectivity index (χ0v) is 13.0. The summed E-state index contributed by atoms with van der Waals surface area (Å²) < 4.78 is 38.9. The third-order valence-electron chi connectivity index (χ3n) is 3.76. The molecule has 128 valence electrons. The molecule has 0 amide bonds. The van der Waals surface area contributed by atoms with Crippen LogP contribution < -0.4 is 5.32 Å². The Hall–Kier alpha value is -3.16. The van der Waals surface area contributed by atoms with Crippen molar-refractivity contribution in [3.63, 3.8) is 0 Å². The Morgan fingerprint density at radius 3 is 2.48 bits per heavy atom. The highest BCUT2D eigenvalue weighted by Gasteiger charge is 2.30. The minimum absolute atomic E-state index is 0.0537. The molecule has 0 saturated heterocycles. The number of non-ortho nitro benzene ring substituents is 1. The third-order valence-corrected chi connectivity index (χ3v) is 3.76. The Labute approximate surface area is 140 Å². The van der Waals surface area contributed by atoms with E-state index < -0.39 is 16.7 Å². The number of aryl methyl sites for hydroxylation is 1. The van der Waals surface area contributed by atoms with Gasteiger partial charge in [-0.15, -0.1) is 0 Å². The van der Waals surface area contributed by atoms with Crippen LogP contribution in [0.5, 0.6) is 0 Å². The first kappa shape index (κ1) is 16.7. The van der Waals surface area contributed by atoms with E-state index in [1.165, 1.54) is 30.5 Å². The zero-order valence-electron chi connectivity index (χ0n) is 13.0. The molecule has 0 unspecified atom stereocenters. The number of rotatable bonds is 3. The molecule has 1 N–H and O–H groups in total. The largest absolute Gasteiger partial charge is 0.416 e. The van der Waals surface area contributed by atoms with E-state index in [-0.39, 0.29) is 5.69 Å². The predicted octanol–water partition coefficient (Wildman–Crippen LogP) is 5.21. The van der Waals surface area contributed by atoms with Crippen LogP contribution in [0.2, 0.25) is 0 Å². The maximum absolute atomic E-state index is 13.0. The fourth-order valence-corrected chi connectivity index (χ4v) is 2.48. The van der Waals surface area contributed by atoms with Crippen molar-refractivity contribution in [2.75, 3.05) is 5.32 Å². The summed E-state index contributed by atoms with van der Waals surface area (Å²) in [4.78, 5) is 14.4. The SMILES string of the molecule is Cc1cc([N+](=O)[O-])ccc1Nc1ccnc2ccc(C(F)(F)F)cc12. The third kappa shape index (κ3) is 3.37. The molecule has 2 aromatic carbocycles. The zero-order chi connectivity index (χ0) is 18.2. The van der Waals surface area contributed by atoms with Gasteiger partial charge in [-0.05, 0) is 42.8 Å². The second-order valence-electron chi connectivity index (χ2n) is 5.47. The summed E-state index contributed by atoms with van der Waals surface area (Å²) in [6.45, 7) is 1.68. The molecule has 0 spiro atoms. The second-order valence-corrected chi connectivity index (χ2v) is 5.47. The molecular weight excluding hydrogens is 335 g/mol. The highest BCUT2D eigenvalue weighted by molar-refractivity contribution is 5.93. The number of alkyl halides is 3. The van der Waals surface area contributed by atoms with Crippen LogP contribution in [0.1, 0.15) is 11.1 Å². The van der Waals surface area contributed by atoms with Crippen LogP contribution in [-0.4, -0.2) is 9.91 Å². The number of hydrogen-bond acceptors (Lipinski definition) is 4. The number of pyridine rings is 1. The van der Waals surface area contributed by atoms with Gasteiger partial charge in [0.1, 0.15) is 0 Å². The number of halogens is 3. The van der Waals surface area contributed by atoms with Gasteiger partial charge in [0.2, 0.25) is 0 Å². The molecule has 0 fully saturated rings. The molecule has 0 saturated carbocycles. The summed E-state index contributed by atoms with van der Waals surface area (Å²) in [5.74, 6) is 0. The number of nitro groups is 1. The van der Waals surface area contributed by atoms with E-state index in [0.29, 0.717) is 27.8 Å². The van der Waals surface area contributed by atoms with Crippen LogP contribution in [0.15, 0.2) is 48.7 Å². The van der Waals surface area contributed by atoms with Crippen molar-refractivity contribution in [2.24, 2.45) is 0 Å². The number of nitrogens with one attached hydrogen (secondary N) is 1. The number of fused-ring (bicyclic) bond motifs is 1.